The summed E-state index contributed by atoms with van der Waals surface area (Å²) in [5.74, 6) is 2.35. The zero-order valence-electron chi connectivity index (χ0n) is 18.4. The van der Waals surface area contributed by atoms with Gasteiger partial charge < -0.3 is 0 Å². The number of hydrogen-bond donors (Lipinski definition) is 0. The minimum absolute atomic E-state index is 0.554. The summed E-state index contributed by atoms with van der Waals surface area (Å²) in [4.78, 5) is 7.93. The maximum atomic E-state index is 2.64. The van der Waals surface area contributed by atoms with Crippen molar-refractivity contribution in [1.29, 1.82) is 0 Å². The zero-order valence-corrected chi connectivity index (χ0v) is 21.2. The van der Waals surface area contributed by atoms with Crippen molar-refractivity contribution in [2.45, 2.75) is 72.4 Å². The van der Waals surface area contributed by atoms with E-state index in [1.165, 1.54) is 44.8 Å². The van der Waals surface area contributed by atoms with Gasteiger partial charge in [-0.15, -0.1) is 0 Å². The predicted molar refractivity (Wildman–Crippen MR) is 129 cm³/mol. The van der Waals surface area contributed by atoms with Crippen molar-refractivity contribution in [3.05, 3.63) is 63.3 Å². The minimum atomic E-state index is -2.33. The topological polar surface area (TPSA) is 0 Å². The van der Waals surface area contributed by atoms with E-state index in [9.17, 15) is 0 Å². The van der Waals surface area contributed by atoms with Crippen LogP contribution in [-0.4, -0.2) is 25.1 Å². The third kappa shape index (κ3) is 3.98. The summed E-state index contributed by atoms with van der Waals surface area (Å²) in [6.07, 6.45) is 19.3. The third-order valence-electron chi connectivity index (χ3n) is 7.42. The van der Waals surface area contributed by atoms with Gasteiger partial charge in [-0.05, 0) is 0 Å². The molecular weight excluding hydrogens is 442 g/mol. The average molecular weight is 479 g/mol. The molecule has 28 heavy (non-hydrogen) atoms. The summed E-state index contributed by atoms with van der Waals surface area (Å²) >= 11 is -2.33. The molecule has 1 aromatic carbocycles. The molecular formula is C26H37BSn. The van der Waals surface area contributed by atoms with Crippen molar-refractivity contribution in [2.24, 2.45) is 11.8 Å². The van der Waals surface area contributed by atoms with Crippen LogP contribution in [-0.2, 0) is 6.42 Å². The predicted octanol–water partition coefficient (Wildman–Crippen LogP) is 7.62. The zero-order chi connectivity index (χ0) is 19.7. The van der Waals surface area contributed by atoms with Crippen molar-refractivity contribution in [3.8, 4) is 0 Å². The fraction of sp³-hybridized carbons (Fsp3) is 0.538. The summed E-state index contributed by atoms with van der Waals surface area (Å²) in [5.41, 5.74) is 5.09. The molecule has 1 fully saturated rings. The van der Waals surface area contributed by atoms with Gasteiger partial charge in [0, 0.05) is 0 Å². The first-order valence-electron chi connectivity index (χ1n) is 11.7. The van der Waals surface area contributed by atoms with E-state index in [4.69, 9.17) is 0 Å². The van der Waals surface area contributed by atoms with E-state index in [2.05, 4.69) is 70.3 Å². The van der Waals surface area contributed by atoms with Gasteiger partial charge in [0.2, 0.25) is 0 Å². The van der Waals surface area contributed by atoms with Crippen molar-refractivity contribution >= 4 is 30.6 Å². The Kier molecular flexibility index (Phi) is 6.30. The number of fused-ring (bicyclic) bond motifs is 2. The van der Waals surface area contributed by atoms with Crippen LogP contribution in [0.5, 0.6) is 0 Å². The molecule has 2 unspecified atom stereocenters. The summed E-state index contributed by atoms with van der Waals surface area (Å²) in [5, 5.41) is 0. The molecule has 3 aliphatic rings. The van der Waals surface area contributed by atoms with Gasteiger partial charge in [0.15, 0.2) is 0 Å². The Hall–Kier alpha value is -0.696. The first-order chi connectivity index (χ1) is 13.5. The number of allylic oxidation sites excluding steroid dienone is 5. The molecule has 0 saturated heterocycles. The van der Waals surface area contributed by atoms with Gasteiger partial charge in [0.05, 0.1) is 0 Å². The van der Waals surface area contributed by atoms with E-state index in [1.54, 1.807) is 11.1 Å². The first kappa shape index (κ1) is 20.6. The van der Waals surface area contributed by atoms with Crippen LogP contribution in [0, 0.1) is 11.8 Å². The van der Waals surface area contributed by atoms with E-state index in [0.717, 1.165) is 18.4 Å². The molecule has 1 aliphatic heterocycles. The van der Waals surface area contributed by atoms with Gasteiger partial charge in [-0.25, -0.2) is 0 Å². The third-order valence-corrected chi connectivity index (χ3v) is 13.8. The Labute approximate surface area is 177 Å². The fourth-order valence-corrected chi connectivity index (χ4v) is 13.0. The molecule has 2 aliphatic carbocycles. The van der Waals surface area contributed by atoms with Gasteiger partial charge in [-0.2, -0.15) is 0 Å². The fourth-order valence-electron chi connectivity index (χ4n) is 6.40. The first-order valence-corrected chi connectivity index (χ1v) is 21.7. The maximum absolute atomic E-state index is 2.64. The molecule has 1 heterocycles. The van der Waals surface area contributed by atoms with Crippen LogP contribution < -0.4 is 0 Å². The molecule has 2 atom stereocenters. The van der Waals surface area contributed by atoms with Crippen molar-refractivity contribution in [3.63, 3.8) is 0 Å². The molecule has 1 aromatic rings. The molecule has 0 amide bonds. The standard InChI is InChI=1S/C23H28B.3CH3.Sn/c1-2-15-24-22-14-8-6-12-20(22)17-19-11-5-7-13-21(19)23(24)16-18-9-3-4-10-18;;;;/h3-5,7,9-11,13,18,20,22H,2,6,8,12,14-15,17H2,1H3;3*1H3;. The SMILES string of the molecule is CCCB1/C(=[C](/C2C=CC=C2)[Sn]([CH3])([CH3])[CH3])c2ccccc2CC2CCCCC12. The summed E-state index contributed by atoms with van der Waals surface area (Å²) in [6.45, 7) is 3.18. The second-order valence-corrected chi connectivity index (χ2v) is 24.7. The quantitative estimate of drug-likeness (QED) is 0.390. The van der Waals surface area contributed by atoms with Crippen molar-refractivity contribution in [2.75, 3.05) is 0 Å². The van der Waals surface area contributed by atoms with Crippen LogP contribution in [0.3, 0.4) is 0 Å². The van der Waals surface area contributed by atoms with Crippen LogP contribution in [0.25, 0.3) is 5.47 Å². The Morgan fingerprint density at radius 3 is 2.46 bits per heavy atom. The Morgan fingerprint density at radius 1 is 1.04 bits per heavy atom. The molecule has 0 radical (unpaired) electrons. The molecule has 148 valence electrons. The van der Waals surface area contributed by atoms with Gasteiger partial charge in [-0.1, -0.05) is 0 Å². The van der Waals surface area contributed by atoms with Crippen LogP contribution in [0.2, 0.25) is 27.0 Å². The van der Waals surface area contributed by atoms with Crippen molar-refractivity contribution in [1.82, 2.24) is 0 Å². The van der Waals surface area contributed by atoms with Crippen molar-refractivity contribution < 1.29 is 0 Å². The second-order valence-electron chi connectivity index (χ2n) is 10.3. The molecule has 0 bridgehead atoms. The molecule has 4 rings (SSSR count). The monoisotopic (exact) mass is 480 g/mol. The van der Waals surface area contributed by atoms with E-state index in [-0.39, 0.29) is 0 Å². The molecule has 2 heteroatoms. The van der Waals surface area contributed by atoms with E-state index >= 15 is 0 Å². The van der Waals surface area contributed by atoms with E-state index in [1.807, 2.05) is 9.06 Å². The Balaban J connectivity index is 1.99. The molecule has 1 saturated carbocycles. The number of rotatable bonds is 4. The summed E-state index contributed by atoms with van der Waals surface area (Å²) in [6, 6.07) is 9.51. The van der Waals surface area contributed by atoms with Gasteiger partial charge >= 0.3 is 178 Å². The Morgan fingerprint density at radius 2 is 1.75 bits per heavy atom. The normalized spacial score (nSPS) is 26.8. The molecule has 0 nitrogen and oxygen atoms in total. The number of hydrogen-bond acceptors (Lipinski definition) is 0. The Bertz CT molecular complexity index is 783. The van der Waals surface area contributed by atoms with Gasteiger partial charge in [0.25, 0.3) is 0 Å². The van der Waals surface area contributed by atoms with E-state index < -0.39 is 18.4 Å². The van der Waals surface area contributed by atoms with Gasteiger partial charge in [-0.3, -0.25) is 0 Å². The molecule has 0 N–H and O–H groups in total. The number of benzene rings is 1. The van der Waals surface area contributed by atoms with Crippen LogP contribution in [0.4, 0.5) is 0 Å². The van der Waals surface area contributed by atoms with Gasteiger partial charge in [0.1, 0.15) is 0 Å². The second kappa shape index (κ2) is 8.58. The molecule has 0 spiro atoms. The van der Waals surface area contributed by atoms with Crippen LogP contribution in [0.1, 0.15) is 50.2 Å². The summed E-state index contributed by atoms with van der Waals surface area (Å²) < 4.78 is 1.89. The van der Waals surface area contributed by atoms with Crippen LogP contribution in [0.15, 0.2) is 52.2 Å². The molecule has 0 aromatic heterocycles. The van der Waals surface area contributed by atoms with E-state index in [0.29, 0.717) is 5.92 Å². The van der Waals surface area contributed by atoms with Crippen LogP contribution >= 0.6 is 0 Å². The average Bonchev–Trinajstić information content (AvgIpc) is 3.14. The summed E-state index contributed by atoms with van der Waals surface area (Å²) in [7, 11) is 0.